The number of phenolic OH excluding ortho intramolecular Hbond substituents is 1. The SMILES string of the molecule is NC(=O)c1ccc(-c2cc(NCCc3ccc(O)cc3)nc(N)n2)cc1. The van der Waals surface area contributed by atoms with Crippen LogP contribution in [-0.2, 0) is 6.42 Å². The van der Waals surface area contributed by atoms with Gasteiger partial charge >= 0.3 is 0 Å². The Hall–Kier alpha value is -3.61. The van der Waals surface area contributed by atoms with Crippen molar-refractivity contribution in [2.45, 2.75) is 6.42 Å². The summed E-state index contributed by atoms with van der Waals surface area (Å²) >= 11 is 0. The van der Waals surface area contributed by atoms with Gasteiger partial charge in [0.2, 0.25) is 11.9 Å². The van der Waals surface area contributed by atoms with Gasteiger partial charge in [-0.2, -0.15) is 4.98 Å². The number of aromatic hydroxyl groups is 1. The second kappa shape index (κ2) is 7.52. The van der Waals surface area contributed by atoms with Crippen molar-refractivity contribution in [3.05, 3.63) is 65.7 Å². The number of benzene rings is 2. The molecule has 3 aromatic rings. The van der Waals surface area contributed by atoms with Crippen LogP contribution in [-0.4, -0.2) is 27.5 Å². The van der Waals surface area contributed by atoms with Gasteiger partial charge in [-0.25, -0.2) is 4.98 Å². The first-order valence-electron chi connectivity index (χ1n) is 8.08. The summed E-state index contributed by atoms with van der Waals surface area (Å²) in [5.74, 6) is 0.548. The summed E-state index contributed by atoms with van der Waals surface area (Å²) in [6.45, 7) is 0.654. The summed E-state index contributed by atoms with van der Waals surface area (Å²) in [7, 11) is 0. The number of aromatic nitrogens is 2. The normalized spacial score (nSPS) is 10.5. The number of hydrogen-bond acceptors (Lipinski definition) is 6. The minimum absolute atomic E-state index is 0.161. The predicted molar refractivity (Wildman–Crippen MR) is 101 cm³/mol. The van der Waals surface area contributed by atoms with Crippen molar-refractivity contribution in [2.24, 2.45) is 5.73 Å². The van der Waals surface area contributed by atoms with Gasteiger partial charge in [-0.05, 0) is 36.2 Å². The van der Waals surface area contributed by atoms with Crippen LogP contribution in [0.1, 0.15) is 15.9 Å². The van der Waals surface area contributed by atoms with Crippen LogP contribution in [0.3, 0.4) is 0 Å². The molecule has 1 aromatic heterocycles. The summed E-state index contributed by atoms with van der Waals surface area (Å²) in [5, 5.41) is 12.5. The van der Waals surface area contributed by atoms with E-state index in [4.69, 9.17) is 11.5 Å². The Labute approximate surface area is 150 Å². The van der Waals surface area contributed by atoms with Crippen LogP contribution >= 0.6 is 0 Å². The third-order valence-electron chi connectivity index (χ3n) is 3.86. The molecule has 1 heterocycles. The van der Waals surface area contributed by atoms with Crippen LogP contribution in [0.5, 0.6) is 5.75 Å². The average Bonchev–Trinajstić information content (AvgIpc) is 2.63. The van der Waals surface area contributed by atoms with Gasteiger partial charge in [0.05, 0.1) is 5.69 Å². The van der Waals surface area contributed by atoms with E-state index >= 15 is 0 Å². The Bertz CT molecular complexity index is 908. The van der Waals surface area contributed by atoms with E-state index in [2.05, 4.69) is 15.3 Å². The zero-order chi connectivity index (χ0) is 18.5. The van der Waals surface area contributed by atoms with Crippen LogP contribution in [0.15, 0.2) is 54.6 Å². The lowest BCUT2D eigenvalue weighted by molar-refractivity contribution is 0.100. The van der Waals surface area contributed by atoms with Gasteiger partial charge in [0, 0.05) is 23.7 Å². The van der Waals surface area contributed by atoms with Crippen molar-refractivity contribution in [1.82, 2.24) is 9.97 Å². The molecular weight excluding hydrogens is 330 g/mol. The molecule has 0 aliphatic heterocycles. The van der Waals surface area contributed by atoms with E-state index in [9.17, 15) is 9.90 Å². The largest absolute Gasteiger partial charge is 0.508 e. The standard InChI is InChI=1S/C19H19N5O2/c20-18(26)14-5-3-13(4-6-14)16-11-17(24-19(21)23-16)22-10-9-12-1-7-15(25)8-2-12/h1-8,11,25H,9-10H2,(H2,20,26)(H3,21,22,23,24). The molecule has 0 bridgehead atoms. The summed E-state index contributed by atoms with van der Waals surface area (Å²) in [6, 6.07) is 15.7. The van der Waals surface area contributed by atoms with Crippen LogP contribution in [0, 0.1) is 0 Å². The van der Waals surface area contributed by atoms with Crippen molar-refractivity contribution in [1.29, 1.82) is 0 Å². The van der Waals surface area contributed by atoms with Crippen LogP contribution < -0.4 is 16.8 Å². The number of carbonyl (C=O) groups is 1. The zero-order valence-corrected chi connectivity index (χ0v) is 14.0. The molecule has 0 aliphatic carbocycles. The summed E-state index contributed by atoms with van der Waals surface area (Å²) in [4.78, 5) is 19.6. The number of nitrogens with two attached hydrogens (primary N) is 2. The quantitative estimate of drug-likeness (QED) is 0.540. The Balaban J connectivity index is 1.70. The van der Waals surface area contributed by atoms with Crippen LogP contribution in [0.4, 0.5) is 11.8 Å². The highest BCUT2D eigenvalue weighted by Crippen LogP contribution is 2.21. The molecule has 1 amide bonds. The highest BCUT2D eigenvalue weighted by atomic mass is 16.3. The predicted octanol–water partition coefficient (Wildman–Crippen LogP) is 2.18. The molecule has 0 fully saturated rings. The molecule has 0 saturated carbocycles. The molecule has 0 saturated heterocycles. The van der Waals surface area contributed by atoms with E-state index in [1.807, 2.05) is 12.1 Å². The van der Waals surface area contributed by atoms with E-state index < -0.39 is 5.91 Å². The summed E-state index contributed by atoms with van der Waals surface area (Å²) < 4.78 is 0. The van der Waals surface area contributed by atoms with E-state index in [1.54, 1.807) is 42.5 Å². The van der Waals surface area contributed by atoms with Gasteiger partial charge in [-0.3, -0.25) is 4.79 Å². The van der Waals surface area contributed by atoms with E-state index in [0.717, 1.165) is 17.5 Å². The fourth-order valence-corrected chi connectivity index (χ4v) is 2.51. The van der Waals surface area contributed by atoms with E-state index in [1.165, 1.54) is 0 Å². The molecular formula is C19H19N5O2. The van der Waals surface area contributed by atoms with Gasteiger partial charge in [-0.1, -0.05) is 24.3 Å². The Kier molecular flexibility index (Phi) is 4.98. The number of carbonyl (C=O) groups excluding carboxylic acids is 1. The Morgan fingerprint density at radius 1 is 1.04 bits per heavy atom. The molecule has 7 nitrogen and oxygen atoms in total. The van der Waals surface area contributed by atoms with Gasteiger partial charge in [0.15, 0.2) is 0 Å². The molecule has 0 radical (unpaired) electrons. The lowest BCUT2D eigenvalue weighted by atomic mass is 10.1. The van der Waals surface area contributed by atoms with E-state index in [-0.39, 0.29) is 11.7 Å². The number of hydrogen-bond donors (Lipinski definition) is 4. The second-order valence-electron chi connectivity index (χ2n) is 5.78. The minimum Gasteiger partial charge on any atom is -0.508 e. The maximum absolute atomic E-state index is 11.2. The number of phenols is 1. The molecule has 0 unspecified atom stereocenters. The fourth-order valence-electron chi connectivity index (χ4n) is 2.51. The number of anilines is 2. The van der Waals surface area contributed by atoms with Gasteiger partial charge in [0.25, 0.3) is 0 Å². The lowest BCUT2D eigenvalue weighted by Crippen LogP contribution is -2.10. The maximum atomic E-state index is 11.2. The Morgan fingerprint density at radius 2 is 1.73 bits per heavy atom. The molecule has 7 heteroatoms. The van der Waals surface area contributed by atoms with Crippen LogP contribution in [0.2, 0.25) is 0 Å². The molecule has 26 heavy (non-hydrogen) atoms. The van der Waals surface area contributed by atoms with Gasteiger partial charge in [0.1, 0.15) is 11.6 Å². The zero-order valence-electron chi connectivity index (χ0n) is 14.0. The number of primary amides is 1. The second-order valence-corrected chi connectivity index (χ2v) is 5.78. The van der Waals surface area contributed by atoms with Crippen molar-refractivity contribution in [3.8, 4) is 17.0 Å². The summed E-state index contributed by atoms with van der Waals surface area (Å²) in [6.07, 6.45) is 0.771. The number of nitrogens with one attached hydrogen (secondary N) is 1. The topological polar surface area (TPSA) is 127 Å². The molecule has 0 spiro atoms. The smallest absolute Gasteiger partial charge is 0.248 e. The first kappa shape index (κ1) is 17.2. The van der Waals surface area contributed by atoms with Gasteiger partial charge in [-0.15, -0.1) is 0 Å². The highest BCUT2D eigenvalue weighted by molar-refractivity contribution is 5.93. The molecule has 2 aromatic carbocycles. The number of rotatable bonds is 6. The molecule has 0 aliphatic rings. The third kappa shape index (κ3) is 4.27. The molecule has 3 rings (SSSR count). The number of nitrogen functional groups attached to an aromatic ring is 1. The first-order valence-corrected chi connectivity index (χ1v) is 8.08. The van der Waals surface area contributed by atoms with Crippen LogP contribution in [0.25, 0.3) is 11.3 Å². The molecule has 0 atom stereocenters. The molecule has 132 valence electrons. The van der Waals surface area contributed by atoms with E-state index in [0.29, 0.717) is 23.6 Å². The summed E-state index contributed by atoms with van der Waals surface area (Å²) in [5.41, 5.74) is 14.1. The number of nitrogens with zero attached hydrogens (tertiary/aromatic N) is 2. The first-order chi connectivity index (χ1) is 12.5. The third-order valence-corrected chi connectivity index (χ3v) is 3.86. The maximum Gasteiger partial charge on any atom is 0.248 e. The lowest BCUT2D eigenvalue weighted by Gasteiger charge is -2.09. The highest BCUT2D eigenvalue weighted by Gasteiger charge is 2.07. The fraction of sp³-hybridized carbons (Fsp3) is 0.105. The van der Waals surface area contributed by atoms with Gasteiger partial charge < -0.3 is 21.9 Å². The average molecular weight is 349 g/mol. The minimum atomic E-state index is -0.477. The number of amides is 1. The van der Waals surface area contributed by atoms with Crippen molar-refractivity contribution in [2.75, 3.05) is 17.6 Å². The monoisotopic (exact) mass is 349 g/mol. The van der Waals surface area contributed by atoms with Crippen molar-refractivity contribution < 1.29 is 9.90 Å². The van der Waals surface area contributed by atoms with Crippen molar-refractivity contribution >= 4 is 17.7 Å². The Morgan fingerprint density at radius 3 is 2.38 bits per heavy atom. The molecule has 6 N–H and O–H groups in total. The van der Waals surface area contributed by atoms with Crippen molar-refractivity contribution in [3.63, 3.8) is 0 Å².